The first kappa shape index (κ1) is 19.3. The Morgan fingerprint density at radius 2 is 2.07 bits per heavy atom. The molecule has 4 rings (SSSR count). The number of nitriles is 1. The molecule has 148 valence electrons. The second kappa shape index (κ2) is 7.77. The predicted molar refractivity (Wildman–Crippen MR) is 113 cm³/mol. The molecule has 9 nitrogen and oxygen atoms in total. The largest absolute Gasteiger partial charge is 0.341 e. The van der Waals surface area contributed by atoms with E-state index in [0.29, 0.717) is 33.2 Å². The fraction of sp³-hybridized carbons (Fsp3) is 0.100. The van der Waals surface area contributed by atoms with E-state index in [1.165, 1.54) is 7.05 Å². The van der Waals surface area contributed by atoms with Gasteiger partial charge in [-0.05, 0) is 24.3 Å². The molecule has 0 unspecified atom stereocenters. The molecule has 1 aromatic carbocycles. The van der Waals surface area contributed by atoms with Gasteiger partial charge < -0.3 is 5.32 Å². The summed E-state index contributed by atoms with van der Waals surface area (Å²) in [6.07, 6.45) is 3.43. The van der Waals surface area contributed by atoms with Gasteiger partial charge in [-0.15, -0.1) is 0 Å². The number of aryl methyl sites for hydroxylation is 1. The van der Waals surface area contributed by atoms with Gasteiger partial charge in [-0.2, -0.15) is 10.4 Å². The maximum Gasteiger partial charge on any atom is 0.320 e. The predicted octanol–water partition coefficient (Wildman–Crippen LogP) is 3.37. The molecule has 0 spiro atoms. The Labute approximate surface area is 176 Å². The lowest BCUT2D eigenvalue weighted by atomic mass is 10.0. The summed E-state index contributed by atoms with van der Waals surface area (Å²) in [5.74, 6) is 0.0369. The number of halogens is 1. The number of fused-ring (bicyclic) bond motifs is 1. The SMILES string of the molecule is CNC(=O)Nc1nc(-c2ccn(C)n2)c(-c2cc(Cl)c3ncccc3c2)nc1C#N. The number of urea groups is 1. The van der Waals surface area contributed by atoms with Crippen LogP contribution in [0.1, 0.15) is 5.69 Å². The van der Waals surface area contributed by atoms with Crippen LogP contribution in [-0.2, 0) is 7.05 Å². The molecular weight excluding hydrogens is 404 g/mol. The quantitative estimate of drug-likeness (QED) is 0.526. The highest BCUT2D eigenvalue weighted by atomic mass is 35.5. The number of hydrogen-bond acceptors (Lipinski definition) is 6. The highest BCUT2D eigenvalue weighted by Crippen LogP contribution is 2.34. The zero-order chi connectivity index (χ0) is 21.3. The summed E-state index contributed by atoms with van der Waals surface area (Å²) in [5, 5.41) is 20.2. The number of pyridine rings is 1. The number of benzene rings is 1. The molecule has 0 aliphatic carbocycles. The molecular formula is C20H15ClN8O. The van der Waals surface area contributed by atoms with Crippen LogP contribution in [0.15, 0.2) is 42.7 Å². The molecule has 0 saturated heterocycles. The molecule has 2 N–H and O–H groups in total. The van der Waals surface area contributed by atoms with Crippen LogP contribution < -0.4 is 10.6 Å². The minimum Gasteiger partial charge on any atom is -0.341 e. The van der Waals surface area contributed by atoms with Crippen molar-refractivity contribution in [2.24, 2.45) is 7.05 Å². The first-order valence-electron chi connectivity index (χ1n) is 8.85. The topological polar surface area (TPSA) is 121 Å². The van der Waals surface area contributed by atoms with Crippen LogP contribution in [0.25, 0.3) is 33.5 Å². The zero-order valence-electron chi connectivity index (χ0n) is 16.0. The van der Waals surface area contributed by atoms with E-state index in [2.05, 4.69) is 30.7 Å². The van der Waals surface area contributed by atoms with Crippen LogP contribution >= 0.6 is 11.6 Å². The summed E-state index contributed by atoms with van der Waals surface area (Å²) >= 11 is 6.45. The van der Waals surface area contributed by atoms with Crippen molar-refractivity contribution in [1.29, 1.82) is 5.26 Å². The lowest BCUT2D eigenvalue weighted by Crippen LogP contribution is -2.26. The van der Waals surface area contributed by atoms with Gasteiger partial charge in [0.15, 0.2) is 11.5 Å². The monoisotopic (exact) mass is 418 g/mol. The minimum absolute atomic E-state index is 0.0318. The first-order valence-corrected chi connectivity index (χ1v) is 9.23. The summed E-state index contributed by atoms with van der Waals surface area (Å²) < 4.78 is 1.63. The van der Waals surface area contributed by atoms with E-state index in [1.807, 2.05) is 24.3 Å². The van der Waals surface area contributed by atoms with Gasteiger partial charge in [0.05, 0.1) is 10.5 Å². The third kappa shape index (κ3) is 3.52. The molecule has 3 aromatic heterocycles. The Hall–Kier alpha value is -4.03. The molecule has 4 aromatic rings. The molecule has 0 atom stereocenters. The normalized spacial score (nSPS) is 10.6. The second-order valence-electron chi connectivity index (χ2n) is 6.34. The summed E-state index contributed by atoms with van der Waals surface area (Å²) in [5.41, 5.74) is 2.63. The Morgan fingerprint density at radius 3 is 2.77 bits per heavy atom. The lowest BCUT2D eigenvalue weighted by molar-refractivity contribution is 0.254. The number of amides is 2. The highest BCUT2D eigenvalue weighted by Gasteiger charge is 2.20. The van der Waals surface area contributed by atoms with Crippen molar-refractivity contribution in [3.05, 3.63) is 53.4 Å². The van der Waals surface area contributed by atoms with Crippen LogP contribution in [0.4, 0.5) is 10.6 Å². The molecule has 0 aliphatic rings. The number of anilines is 1. The fourth-order valence-corrected chi connectivity index (χ4v) is 3.25. The van der Waals surface area contributed by atoms with Crippen molar-refractivity contribution < 1.29 is 4.79 Å². The fourth-order valence-electron chi connectivity index (χ4n) is 2.98. The lowest BCUT2D eigenvalue weighted by Gasteiger charge is -2.12. The van der Waals surface area contributed by atoms with Crippen molar-refractivity contribution >= 4 is 34.4 Å². The van der Waals surface area contributed by atoms with Gasteiger partial charge in [0.25, 0.3) is 0 Å². The van der Waals surface area contributed by atoms with Crippen molar-refractivity contribution in [2.75, 3.05) is 12.4 Å². The Kier molecular flexibility index (Phi) is 5.00. The molecule has 0 radical (unpaired) electrons. The van der Waals surface area contributed by atoms with E-state index in [1.54, 1.807) is 36.3 Å². The van der Waals surface area contributed by atoms with Crippen molar-refractivity contribution in [3.8, 4) is 28.7 Å². The number of hydrogen-bond donors (Lipinski definition) is 2. The van der Waals surface area contributed by atoms with Gasteiger partial charge in [0, 0.05) is 37.4 Å². The Morgan fingerprint density at radius 1 is 1.23 bits per heavy atom. The summed E-state index contributed by atoms with van der Waals surface area (Å²) in [6.45, 7) is 0. The molecule has 2 amide bonds. The molecule has 0 fully saturated rings. The standard InChI is InChI=1S/C20H15ClN8O/c1-23-20(30)27-19-15(10-22)25-17(18(26-19)14-5-7-29(2)28-14)12-8-11-4-3-6-24-16(11)13(21)9-12/h3-9H,1-2H3,(H2,23,26,27,30). The van der Waals surface area contributed by atoms with Crippen LogP contribution in [0.5, 0.6) is 0 Å². The average Bonchev–Trinajstić information content (AvgIpc) is 3.19. The average molecular weight is 419 g/mol. The molecule has 0 saturated carbocycles. The van der Waals surface area contributed by atoms with Gasteiger partial charge in [0.2, 0.25) is 0 Å². The number of aromatic nitrogens is 5. The summed E-state index contributed by atoms with van der Waals surface area (Å²) in [6, 6.07) is 10.5. The summed E-state index contributed by atoms with van der Waals surface area (Å²) in [7, 11) is 3.25. The minimum atomic E-state index is -0.514. The maximum atomic E-state index is 11.8. The van der Waals surface area contributed by atoms with E-state index in [-0.39, 0.29) is 11.5 Å². The first-order chi connectivity index (χ1) is 14.5. The van der Waals surface area contributed by atoms with E-state index >= 15 is 0 Å². The highest BCUT2D eigenvalue weighted by molar-refractivity contribution is 6.35. The van der Waals surface area contributed by atoms with Gasteiger partial charge >= 0.3 is 6.03 Å². The maximum absolute atomic E-state index is 11.8. The third-order valence-electron chi connectivity index (χ3n) is 4.35. The van der Waals surface area contributed by atoms with Crippen molar-refractivity contribution in [1.82, 2.24) is 30.0 Å². The van der Waals surface area contributed by atoms with Gasteiger partial charge in [-0.25, -0.2) is 14.8 Å². The molecule has 0 bridgehead atoms. The number of nitrogens with zero attached hydrogens (tertiary/aromatic N) is 6. The molecule has 10 heteroatoms. The number of carbonyl (C=O) groups is 1. The molecule has 0 aliphatic heterocycles. The Bertz CT molecular complexity index is 1320. The van der Waals surface area contributed by atoms with Crippen molar-refractivity contribution in [2.45, 2.75) is 0 Å². The Balaban J connectivity index is 1.99. The van der Waals surface area contributed by atoms with Crippen LogP contribution in [0.3, 0.4) is 0 Å². The second-order valence-corrected chi connectivity index (χ2v) is 6.75. The van der Waals surface area contributed by atoms with E-state index in [9.17, 15) is 10.1 Å². The van der Waals surface area contributed by atoms with E-state index < -0.39 is 6.03 Å². The molecule has 30 heavy (non-hydrogen) atoms. The van der Waals surface area contributed by atoms with Gasteiger partial charge in [-0.1, -0.05) is 17.7 Å². The van der Waals surface area contributed by atoms with Gasteiger partial charge in [-0.3, -0.25) is 15.0 Å². The van der Waals surface area contributed by atoms with Crippen molar-refractivity contribution in [3.63, 3.8) is 0 Å². The van der Waals surface area contributed by atoms with Crippen LogP contribution in [-0.4, -0.2) is 37.8 Å². The smallest absolute Gasteiger partial charge is 0.320 e. The number of carbonyl (C=O) groups excluding carboxylic acids is 1. The third-order valence-corrected chi connectivity index (χ3v) is 4.64. The number of nitrogens with one attached hydrogen (secondary N) is 2. The van der Waals surface area contributed by atoms with Crippen LogP contribution in [0, 0.1) is 11.3 Å². The summed E-state index contributed by atoms with van der Waals surface area (Å²) in [4.78, 5) is 25.1. The van der Waals surface area contributed by atoms with Gasteiger partial charge in [0.1, 0.15) is 23.2 Å². The number of rotatable bonds is 3. The van der Waals surface area contributed by atoms with E-state index in [0.717, 1.165) is 5.39 Å². The zero-order valence-corrected chi connectivity index (χ0v) is 16.8. The van der Waals surface area contributed by atoms with Crippen LogP contribution in [0.2, 0.25) is 5.02 Å². The molecule has 3 heterocycles. The van der Waals surface area contributed by atoms with E-state index in [4.69, 9.17) is 11.6 Å².